The third-order valence-electron chi connectivity index (χ3n) is 4.03. The maximum atomic E-state index is 6.00. The third kappa shape index (κ3) is 5.41. The fourth-order valence-electron chi connectivity index (χ4n) is 2.48. The molecule has 0 fully saturated rings. The standard InChI is InChI=1S/C22H20Cl2N2O2/c1-15-3-5-16(6-4-15)14-28-22-11-17(7-10-21(22)27-2)13-25-26-18-8-9-19(23)20(24)12-18/h3-13,26H,14H2,1-2H3. The molecular weight excluding hydrogens is 395 g/mol. The predicted octanol–water partition coefficient (Wildman–Crippen LogP) is 6.34. The van der Waals surface area contributed by atoms with Crippen LogP contribution in [0, 0.1) is 6.92 Å². The fraction of sp³-hybridized carbons (Fsp3) is 0.136. The highest BCUT2D eigenvalue weighted by Gasteiger charge is 2.06. The van der Waals surface area contributed by atoms with Gasteiger partial charge >= 0.3 is 0 Å². The van der Waals surface area contributed by atoms with Crippen LogP contribution in [0.2, 0.25) is 10.0 Å². The first-order valence-corrected chi connectivity index (χ1v) is 9.41. The van der Waals surface area contributed by atoms with Crippen LogP contribution in [0.5, 0.6) is 11.5 Å². The molecule has 0 aliphatic heterocycles. The van der Waals surface area contributed by atoms with Gasteiger partial charge in [-0.3, -0.25) is 5.43 Å². The Kier molecular flexibility index (Phi) is 6.80. The number of hydrogen-bond acceptors (Lipinski definition) is 4. The lowest BCUT2D eigenvalue weighted by Gasteiger charge is -2.11. The van der Waals surface area contributed by atoms with Gasteiger partial charge in [-0.15, -0.1) is 0 Å². The van der Waals surface area contributed by atoms with E-state index in [4.69, 9.17) is 32.7 Å². The maximum absolute atomic E-state index is 6.00. The molecule has 0 atom stereocenters. The van der Waals surface area contributed by atoms with E-state index in [0.29, 0.717) is 28.2 Å². The van der Waals surface area contributed by atoms with Crippen molar-refractivity contribution in [2.24, 2.45) is 5.10 Å². The Balaban J connectivity index is 1.68. The number of methoxy groups -OCH3 is 1. The molecule has 0 bridgehead atoms. The SMILES string of the molecule is COc1ccc(C=NNc2ccc(Cl)c(Cl)c2)cc1OCc1ccc(C)cc1. The average molecular weight is 415 g/mol. The van der Waals surface area contributed by atoms with Gasteiger partial charge in [-0.05, 0) is 54.4 Å². The summed E-state index contributed by atoms with van der Waals surface area (Å²) in [7, 11) is 1.62. The van der Waals surface area contributed by atoms with E-state index in [9.17, 15) is 0 Å². The minimum Gasteiger partial charge on any atom is -0.493 e. The Morgan fingerprint density at radius 1 is 0.929 bits per heavy atom. The first-order chi connectivity index (χ1) is 13.5. The van der Waals surface area contributed by atoms with Crippen LogP contribution in [0.1, 0.15) is 16.7 Å². The van der Waals surface area contributed by atoms with Crippen LogP contribution >= 0.6 is 23.2 Å². The molecule has 0 heterocycles. The summed E-state index contributed by atoms with van der Waals surface area (Å²) >= 11 is 11.9. The van der Waals surface area contributed by atoms with Gasteiger partial charge in [-0.1, -0.05) is 53.0 Å². The van der Waals surface area contributed by atoms with Crippen LogP contribution in [-0.2, 0) is 6.61 Å². The van der Waals surface area contributed by atoms with Gasteiger partial charge in [-0.25, -0.2) is 0 Å². The van der Waals surface area contributed by atoms with Gasteiger partial charge in [-0.2, -0.15) is 5.10 Å². The van der Waals surface area contributed by atoms with E-state index < -0.39 is 0 Å². The molecule has 3 aromatic carbocycles. The van der Waals surface area contributed by atoms with Gasteiger partial charge in [0.1, 0.15) is 6.61 Å². The summed E-state index contributed by atoms with van der Waals surface area (Å²) in [5, 5.41) is 5.21. The summed E-state index contributed by atoms with van der Waals surface area (Å²) in [6.07, 6.45) is 1.70. The number of nitrogens with one attached hydrogen (secondary N) is 1. The van der Waals surface area contributed by atoms with E-state index in [1.165, 1.54) is 5.56 Å². The van der Waals surface area contributed by atoms with Crippen molar-refractivity contribution >= 4 is 35.1 Å². The average Bonchev–Trinajstić information content (AvgIpc) is 2.70. The first kappa shape index (κ1) is 20.1. The summed E-state index contributed by atoms with van der Waals surface area (Å²) in [6.45, 7) is 2.52. The van der Waals surface area contributed by atoms with Crippen LogP contribution in [0.25, 0.3) is 0 Å². The second kappa shape index (κ2) is 9.49. The molecule has 4 nitrogen and oxygen atoms in total. The second-order valence-electron chi connectivity index (χ2n) is 6.18. The zero-order valence-electron chi connectivity index (χ0n) is 15.6. The fourth-order valence-corrected chi connectivity index (χ4v) is 2.78. The molecule has 3 rings (SSSR count). The first-order valence-electron chi connectivity index (χ1n) is 8.65. The summed E-state index contributed by atoms with van der Waals surface area (Å²) < 4.78 is 11.3. The van der Waals surface area contributed by atoms with Crippen molar-refractivity contribution in [3.05, 3.63) is 87.4 Å². The summed E-state index contributed by atoms with van der Waals surface area (Å²) in [5.41, 5.74) is 6.85. The number of nitrogens with zero attached hydrogens (tertiary/aromatic N) is 1. The molecule has 0 amide bonds. The Labute approximate surface area is 174 Å². The van der Waals surface area contributed by atoms with Gasteiger partial charge in [0.15, 0.2) is 11.5 Å². The monoisotopic (exact) mass is 414 g/mol. The number of benzene rings is 3. The Bertz CT molecular complexity index is 973. The van der Waals surface area contributed by atoms with Crippen molar-refractivity contribution in [1.82, 2.24) is 0 Å². The molecule has 28 heavy (non-hydrogen) atoms. The number of aryl methyl sites for hydroxylation is 1. The lowest BCUT2D eigenvalue weighted by Crippen LogP contribution is -1.99. The molecule has 0 unspecified atom stereocenters. The van der Waals surface area contributed by atoms with Crippen LogP contribution in [0.4, 0.5) is 5.69 Å². The van der Waals surface area contributed by atoms with Crippen molar-refractivity contribution in [3.8, 4) is 11.5 Å². The zero-order valence-corrected chi connectivity index (χ0v) is 17.1. The number of hydrazone groups is 1. The highest BCUT2D eigenvalue weighted by atomic mass is 35.5. The van der Waals surface area contributed by atoms with Crippen LogP contribution < -0.4 is 14.9 Å². The lowest BCUT2D eigenvalue weighted by atomic mass is 10.1. The number of halogens is 2. The summed E-state index contributed by atoms with van der Waals surface area (Å²) in [4.78, 5) is 0. The van der Waals surface area contributed by atoms with Crippen molar-refractivity contribution < 1.29 is 9.47 Å². The molecule has 0 aliphatic rings. The number of anilines is 1. The van der Waals surface area contributed by atoms with Crippen LogP contribution in [0.3, 0.4) is 0 Å². The Morgan fingerprint density at radius 3 is 2.43 bits per heavy atom. The quantitative estimate of drug-likeness (QED) is 0.362. The number of rotatable bonds is 7. The Hall–Kier alpha value is -2.69. The van der Waals surface area contributed by atoms with Gasteiger partial charge in [0.05, 0.1) is 29.1 Å². The number of ether oxygens (including phenoxy) is 2. The maximum Gasteiger partial charge on any atom is 0.162 e. The normalized spacial score (nSPS) is 10.9. The minimum atomic E-state index is 0.457. The minimum absolute atomic E-state index is 0.457. The third-order valence-corrected chi connectivity index (χ3v) is 4.77. The predicted molar refractivity (Wildman–Crippen MR) is 116 cm³/mol. The molecule has 6 heteroatoms. The van der Waals surface area contributed by atoms with Crippen LogP contribution in [0.15, 0.2) is 65.8 Å². The zero-order chi connectivity index (χ0) is 19.9. The smallest absolute Gasteiger partial charge is 0.162 e. The molecule has 3 aromatic rings. The molecule has 144 valence electrons. The molecule has 0 saturated carbocycles. The van der Waals surface area contributed by atoms with E-state index in [-0.39, 0.29) is 0 Å². The van der Waals surface area contributed by atoms with Crippen molar-refractivity contribution in [2.75, 3.05) is 12.5 Å². The molecule has 0 aromatic heterocycles. The molecule has 0 saturated heterocycles. The second-order valence-corrected chi connectivity index (χ2v) is 7.00. The largest absolute Gasteiger partial charge is 0.493 e. The highest BCUT2D eigenvalue weighted by molar-refractivity contribution is 6.42. The van der Waals surface area contributed by atoms with Gasteiger partial charge in [0, 0.05) is 0 Å². The van der Waals surface area contributed by atoms with E-state index in [0.717, 1.165) is 16.8 Å². The molecule has 0 spiro atoms. The molecule has 0 aliphatic carbocycles. The molecular formula is C22H20Cl2N2O2. The van der Waals surface area contributed by atoms with E-state index in [1.807, 2.05) is 30.3 Å². The van der Waals surface area contributed by atoms with E-state index in [1.54, 1.807) is 31.5 Å². The van der Waals surface area contributed by atoms with E-state index >= 15 is 0 Å². The van der Waals surface area contributed by atoms with Gasteiger partial charge < -0.3 is 9.47 Å². The van der Waals surface area contributed by atoms with Gasteiger partial charge in [0.25, 0.3) is 0 Å². The topological polar surface area (TPSA) is 42.8 Å². The van der Waals surface area contributed by atoms with Crippen molar-refractivity contribution in [1.29, 1.82) is 0 Å². The molecule has 1 N–H and O–H groups in total. The lowest BCUT2D eigenvalue weighted by molar-refractivity contribution is 0.284. The highest BCUT2D eigenvalue weighted by Crippen LogP contribution is 2.29. The Morgan fingerprint density at radius 2 is 1.71 bits per heavy atom. The van der Waals surface area contributed by atoms with E-state index in [2.05, 4.69) is 29.6 Å². The molecule has 0 radical (unpaired) electrons. The van der Waals surface area contributed by atoms with Crippen molar-refractivity contribution in [3.63, 3.8) is 0 Å². The van der Waals surface area contributed by atoms with Gasteiger partial charge in [0.2, 0.25) is 0 Å². The summed E-state index contributed by atoms with van der Waals surface area (Å²) in [5.74, 6) is 1.32. The van der Waals surface area contributed by atoms with Crippen molar-refractivity contribution in [2.45, 2.75) is 13.5 Å². The number of hydrogen-bond donors (Lipinski definition) is 1. The van der Waals surface area contributed by atoms with Crippen LogP contribution in [-0.4, -0.2) is 13.3 Å². The summed E-state index contributed by atoms with van der Waals surface area (Å²) in [6, 6.07) is 19.1.